The third-order valence-corrected chi connectivity index (χ3v) is 2.75. The Hall–Kier alpha value is -0.260. The fraction of sp³-hybridized carbons (Fsp3) is 1.00. The minimum atomic E-state index is -2.37. The summed E-state index contributed by atoms with van der Waals surface area (Å²) in [5.74, 6) is 0. The third kappa shape index (κ3) is 5.72. The number of halogens is 2. The molecule has 0 aromatic carbocycles. The third-order valence-electron chi connectivity index (χ3n) is 2.75. The molecular formula is C11H21F2NO2. The second-order valence-corrected chi connectivity index (χ2v) is 4.04. The molecule has 0 radical (unpaired) electrons. The Labute approximate surface area is 95.5 Å². The zero-order valence-corrected chi connectivity index (χ0v) is 9.75. The summed E-state index contributed by atoms with van der Waals surface area (Å²) in [4.78, 5) is 0. The largest absolute Gasteiger partial charge is 0.378 e. The molecule has 1 aliphatic heterocycles. The molecule has 2 unspecified atom stereocenters. The molecule has 2 atom stereocenters. The maximum atomic E-state index is 11.8. The molecule has 1 heterocycles. The molecule has 1 saturated heterocycles. The van der Waals surface area contributed by atoms with Crippen LogP contribution in [-0.2, 0) is 9.47 Å². The van der Waals surface area contributed by atoms with Crippen molar-refractivity contribution in [3.63, 3.8) is 0 Å². The highest BCUT2D eigenvalue weighted by Gasteiger charge is 2.20. The van der Waals surface area contributed by atoms with Crippen molar-refractivity contribution >= 4 is 0 Å². The van der Waals surface area contributed by atoms with Gasteiger partial charge in [-0.25, -0.2) is 8.78 Å². The number of hydrogen-bond acceptors (Lipinski definition) is 3. The van der Waals surface area contributed by atoms with E-state index in [-0.39, 0.29) is 0 Å². The first-order valence-electron chi connectivity index (χ1n) is 5.93. The molecule has 0 saturated carbocycles. The lowest BCUT2D eigenvalue weighted by atomic mass is 10.0. The lowest BCUT2D eigenvalue weighted by Gasteiger charge is -2.29. The molecule has 3 nitrogen and oxygen atoms in total. The van der Waals surface area contributed by atoms with Crippen LogP contribution in [0.5, 0.6) is 0 Å². The minimum Gasteiger partial charge on any atom is -0.378 e. The van der Waals surface area contributed by atoms with Gasteiger partial charge in [-0.2, -0.15) is 0 Å². The van der Waals surface area contributed by atoms with Crippen molar-refractivity contribution in [2.45, 2.75) is 44.8 Å². The number of nitrogens with one attached hydrogen (secondary N) is 1. The lowest BCUT2D eigenvalue weighted by molar-refractivity contribution is -0.00491. The van der Waals surface area contributed by atoms with Crippen molar-refractivity contribution in [1.29, 1.82) is 0 Å². The molecule has 5 heteroatoms. The van der Waals surface area contributed by atoms with E-state index < -0.39 is 13.0 Å². The Bertz CT molecular complexity index is 181. The highest BCUT2D eigenvalue weighted by atomic mass is 19.3. The molecule has 0 aromatic rings. The normalized spacial score (nSPS) is 26.2. The summed E-state index contributed by atoms with van der Waals surface area (Å²) in [5.41, 5.74) is 0. The molecule has 0 spiro atoms. The summed E-state index contributed by atoms with van der Waals surface area (Å²) in [6, 6.07) is 0.439. The Kier molecular flexibility index (Phi) is 6.84. The summed E-state index contributed by atoms with van der Waals surface area (Å²) in [5, 5.41) is 3.31. The summed E-state index contributed by atoms with van der Waals surface area (Å²) in [6.45, 7) is 3.41. The first-order chi connectivity index (χ1) is 7.72. The second-order valence-electron chi connectivity index (χ2n) is 4.04. The Morgan fingerprint density at radius 1 is 1.50 bits per heavy atom. The van der Waals surface area contributed by atoms with Crippen LogP contribution in [0.1, 0.15) is 26.2 Å². The topological polar surface area (TPSA) is 30.5 Å². The first kappa shape index (κ1) is 13.8. The summed E-state index contributed by atoms with van der Waals surface area (Å²) in [7, 11) is 0. The minimum absolute atomic E-state index is 0.341. The van der Waals surface area contributed by atoms with Gasteiger partial charge in [0.2, 0.25) is 0 Å². The van der Waals surface area contributed by atoms with Crippen LogP contribution < -0.4 is 5.32 Å². The van der Waals surface area contributed by atoms with Crippen LogP contribution in [0.25, 0.3) is 0 Å². The van der Waals surface area contributed by atoms with Crippen LogP contribution in [0.3, 0.4) is 0 Å². The van der Waals surface area contributed by atoms with Crippen molar-refractivity contribution < 1.29 is 18.3 Å². The molecule has 96 valence electrons. The van der Waals surface area contributed by atoms with Gasteiger partial charge in [-0.05, 0) is 19.3 Å². The SMILES string of the molecule is CCC1CC(NCCOCC(F)F)CCO1. The van der Waals surface area contributed by atoms with Crippen LogP contribution in [0.15, 0.2) is 0 Å². The molecule has 0 aliphatic carbocycles. The number of ether oxygens (including phenoxy) is 2. The van der Waals surface area contributed by atoms with Gasteiger partial charge in [-0.15, -0.1) is 0 Å². The molecular weight excluding hydrogens is 216 g/mol. The van der Waals surface area contributed by atoms with E-state index in [2.05, 4.69) is 12.2 Å². The van der Waals surface area contributed by atoms with Crippen LogP contribution >= 0.6 is 0 Å². The zero-order chi connectivity index (χ0) is 11.8. The van der Waals surface area contributed by atoms with Crippen LogP contribution in [0.4, 0.5) is 8.78 Å². The van der Waals surface area contributed by atoms with Gasteiger partial charge < -0.3 is 14.8 Å². The van der Waals surface area contributed by atoms with Gasteiger partial charge in [0.25, 0.3) is 6.43 Å². The monoisotopic (exact) mass is 237 g/mol. The van der Waals surface area contributed by atoms with E-state index in [1.165, 1.54) is 0 Å². The van der Waals surface area contributed by atoms with E-state index in [4.69, 9.17) is 9.47 Å². The highest BCUT2D eigenvalue weighted by molar-refractivity contribution is 4.75. The van der Waals surface area contributed by atoms with Gasteiger partial charge >= 0.3 is 0 Å². The van der Waals surface area contributed by atoms with Crippen molar-refractivity contribution in [2.75, 3.05) is 26.4 Å². The van der Waals surface area contributed by atoms with Gasteiger partial charge in [0.1, 0.15) is 6.61 Å². The van der Waals surface area contributed by atoms with E-state index >= 15 is 0 Å². The molecule has 1 N–H and O–H groups in total. The summed E-state index contributed by atoms with van der Waals surface area (Å²) in [6.07, 6.45) is 0.998. The number of hydrogen-bond donors (Lipinski definition) is 1. The van der Waals surface area contributed by atoms with E-state index in [1.54, 1.807) is 0 Å². The first-order valence-corrected chi connectivity index (χ1v) is 5.93. The van der Waals surface area contributed by atoms with Crippen LogP contribution in [-0.4, -0.2) is 44.9 Å². The Morgan fingerprint density at radius 2 is 2.31 bits per heavy atom. The van der Waals surface area contributed by atoms with E-state index in [0.29, 0.717) is 25.3 Å². The molecule has 1 rings (SSSR count). The predicted molar refractivity (Wildman–Crippen MR) is 57.9 cm³/mol. The standard InChI is InChI=1S/C11H21F2NO2/c1-2-10-7-9(3-5-16-10)14-4-6-15-8-11(12)13/h9-11,14H,2-8H2,1H3. The summed E-state index contributed by atoms with van der Waals surface area (Å²) >= 11 is 0. The predicted octanol–water partition coefficient (Wildman–Crippen LogP) is 1.82. The average molecular weight is 237 g/mol. The van der Waals surface area contributed by atoms with E-state index in [9.17, 15) is 8.78 Å². The van der Waals surface area contributed by atoms with Crippen molar-refractivity contribution in [2.24, 2.45) is 0 Å². The summed E-state index contributed by atoms with van der Waals surface area (Å²) < 4.78 is 33.8. The van der Waals surface area contributed by atoms with Crippen LogP contribution in [0.2, 0.25) is 0 Å². The molecule has 16 heavy (non-hydrogen) atoms. The molecule has 0 bridgehead atoms. The zero-order valence-electron chi connectivity index (χ0n) is 9.75. The quantitative estimate of drug-likeness (QED) is 0.685. The molecule has 0 aromatic heterocycles. The lowest BCUT2D eigenvalue weighted by Crippen LogP contribution is -2.40. The second kappa shape index (κ2) is 7.92. The van der Waals surface area contributed by atoms with Crippen molar-refractivity contribution in [1.82, 2.24) is 5.32 Å². The fourth-order valence-electron chi connectivity index (χ4n) is 1.86. The van der Waals surface area contributed by atoms with Crippen molar-refractivity contribution in [3.05, 3.63) is 0 Å². The average Bonchev–Trinajstić information content (AvgIpc) is 2.28. The Morgan fingerprint density at radius 3 is 3.00 bits per heavy atom. The van der Waals surface area contributed by atoms with Gasteiger partial charge in [0.15, 0.2) is 0 Å². The maximum Gasteiger partial charge on any atom is 0.261 e. The van der Waals surface area contributed by atoms with Gasteiger partial charge in [0.05, 0.1) is 12.7 Å². The van der Waals surface area contributed by atoms with Gasteiger partial charge in [-0.3, -0.25) is 0 Å². The molecule has 1 fully saturated rings. The van der Waals surface area contributed by atoms with Crippen LogP contribution in [0, 0.1) is 0 Å². The smallest absolute Gasteiger partial charge is 0.261 e. The maximum absolute atomic E-state index is 11.8. The van der Waals surface area contributed by atoms with Gasteiger partial charge in [0, 0.05) is 19.2 Å². The molecule has 0 amide bonds. The highest BCUT2D eigenvalue weighted by Crippen LogP contribution is 2.15. The molecule has 1 aliphatic rings. The fourth-order valence-corrected chi connectivity index (χ4v) is 1.86. The van der Waals surface area contributed by atoms with E-state index in [0.717, 1.165) is 25.9 Å². The number of rotatable bonds is 7. The van der Waals surface area contributed by atoms with Gasteiger partial charge in [-0.1, -0.05) is 6.92 Å². The number of alkyl halides is 2. The van der Waals surface area contributed by atoms with Crippen molar-refractivity contribution in [3.8, 4) is 0 Å². The Balaban J connectivity index is 1.99. The van der Waals surface area contributed by atoms with E-state index in [1.807, 2.05) is 0 Å².